The molecule has 1 aliphatic heterocycles. The Morgan fingerprint density at radius 2 is 2.11 bits per heavy atom. The lowest BCUT2D eigenvalue weighted by atomic mass is 10.1. The minimum absolute atomic E-state index is 0.0704. The second-order valence-electron chi connectivity index (χ2n) is 4.30. The number of hydrogen-bond acceptors (Lipinski definition) is 3. The fraction of sp³-hybridized carbons (Fsp3) is 0.429. The first-order valence-corrected chi connectivity index (χ1v) is 6.25. The third kappa shape index (κ3) is 2.70. The fourth-order valence-electron chi connectivity index (χ4n) is 2.29. The van der Waals surface area contributed by atoms with Crippen LogP contribution in [0.2, 0.25) is 0 Å². The lowest BCUT2D eigenvalue weighted by Crippen LogP contribution is -2.34. The van der Waals surface area contributed by atoms with Gasteiger partial charge in [0, 0.05) is 18.2 Å². The second-order valence-corrected chi connectivity index (χ2v) is 4.30. The molecule has 1 amide bonds. The Balaban J connectivity index is 2.11. The highest BCUT2D eigenvalue weighted by atomic mass is 16.5. The molecular weight excluding hydrogens is 230 g/mol. The summed E-state index contributed by atoms with van der Waals surface area (Å²) >= 11 is 0. The molecule has 0 bridgehead atoms. The molecule has 96 valence electrons. The minimum Gasteiger partial charge on any atom is -0.466 e. The van der Waals surface area contributed by atoms with Gasteiger partial charge in [-0.2, -0.15) is 0 Å². The number of benzene rings is 1. The number of hydrogen-bond donors (Lipinski definition) is 0. The number of rotatable bonds is 4. The number of esters is 1. The Hall–Kier alpha value is -1.84. The number of ether oxygens (including phenoxy) is 1. The third-order valence-electron chi connectivity index (χ3n) is 3.07. The molecule has 1 atom stereocenters. The van der Waals surface area contributed by atoms with E-state index in [0.717, 1.165) is 5.69 Å². The normalized spacial score (nSPS) is 19.1. The Morgan fingerprint density at radius 3 is 2.78 bits per heavy atom. The summed E-state index contributed by atoms with van der Waals surface area (Å²) in [6.07, 6.45) is 1.49. The number of carbonyl (C=O) groups is 2. The average Bonchev–Trinajstić information content (AvgIpc) is 2.72. The van der Waals surface area contributed by atoms with Crippen LogP contribution in [0.5, 0.6) is 0 Å². The highest BCUT2D eigenvalue weighted by Crippen LogP contribution is 2.28. The van der Waals surface area contributed by atoms with Crippen LogP contribution in [0.1, 0.15) is 26.2 Å². The first-order chi connectivity index (χ1) is 8.72. The molecule has 1 fully saturated rings. The van der Waals surface area contributed by atoms with Crippen molar-refractivity contribution in [3.05, 3.63) is 30.3 Å². The van der Waals surface area contributed by atoms with E-state index in [0.29, 0.717) is 19.4 Å². The van der Waals surface area contributed by atoms with Gasteiger partial charge in [-0.1, -0.05) is 18.2 Å². The molecule has 2 rings (SSSR count). The molecule has 1 saturated heterocycles. The van der Waals surface area contributed by atoms with Gasteiger partial charge >= 0.3 is 5.97 Å². The first-order valence-electron chi connectivity index (χ1n) is 6.25. The molecule has 0 radical (unpaired) electrons. The van der Waals surface area contributed by atoms with Crippen LogP contribution in [0.3, 0.4) is 0 Å². The number of para-hydroxylation sites is 1. The number of amides is 1. The van der Waals surface area contributed by atoms with E-state index in [9.17, 15) is 9.59 Å². The summed E-state index contributed by atoms with van der Waals surface area (Å²) in [5, 5.41) is 0. The predicted molar refractivity (Wildman–Crippen MR) is 68.2 cm³/mol. The zero-order valence-electron chi connectivity index (χ0n) is 10.5. The van der Waals surface area contributed by atoms with Crippen molar-refractivity contribution in [2.45, 2.75) is 32.2 Å². The van der Waals surface area contributed by atoms with Crippen LogP contribution in [0.25, 0.3) is 0 Å². The Labute approximate surface area is 107 Å². The molecule has 4 nitrogen and oxygen atoms in total. The molecule has 1 heterocycles. The van der Waals surface area contributed by atoms with Crippen LogP contribution >= 0.6 is 0 Å². The molecule has 1 unspecified atom stereocenters. The van der Waals surface area contributed by atoms with Crippen LogP contribution in [-0.2, 0) is 14.3 Å². The van der Waals surface area contributed by atoms with E-state index in [2.05, 4.69) is 0 Å². The summed E-state index contributed by atoms with van der Waals surface area (Å²) in [6, 6.07) is 9.40. The topological polar surface area (TPSA) is 46.6 Å². The van der Waals surface area contributed by atoms with Crippen molar-refractivity contribution in [3.63, 3.8) is 0 Å². The van der Waals surface area contributed by atoms with Gasteiger partial charge in [0.1, 0.15) is 0 Å². The van der Waals surface area contributed by atoms with Gasteiger partial charge in [0.15, 0.2) is 0 Å². The van der Waals surface area contributed by atoms with Gasteiger partial charge < -0.3 is 9.64 Å². The van der Waals surface area contributed by atoms with E-state index in [4.69, 9.17) is 4.74 Å². The van der Waals surface area contributed by atoms with Crippen molar-refractivity contribution in [3.8, 4) is 0 Å². The molecule has 18 heavy (non-hydrogen) atoms. The lowest BCUT2D eigenvalue weighted by Gasteiger charge is -2.24. The van der Waals surface area contributed by atoms with Crippen LogP contribution in [-0.4, -0.2) is 24.5 Å². The summed E-state index contributed by atoms with van der Waals surface area (Å²) in [5.41, 5.74) is 0.856. The van der Waals surface area contributed by atoms with Gasteiger partial charge in [-0.25, -0.2) is 0 Å². The van der Waals surface area contributed by atoms with Crippen molar-refractivity contribution in [2.75, 3.05) is 11.5 Å². The van der Waals surface area contributed by atoms with Gasteiger partial charge in [-0.05, 0) is 25.5 Å². The maximum absolute atomic E-state index is 11.9. The van der Waals surface area contributed by atoms with E-state index in [1.165, 1.54) is 0 Å². The van der Waals surface area contributed by atoms with Crippen LogP contribution < -0.4 is 4.90 Å². The molecule has 0 spiro atoms. The molecule has 1 aromatic carbocycles. The Morgan fingerprint density at radius 1 is 1.39 bits per heavy atom. The molecule has 4 heteroatoms. The quantitative estimate of drug-likeness (QED) is 0.766. The summed E-state index contributed by atoms with van der Waals surface area (Å²) in [5.74, 6) is -0.159. The summed E-state index contributed by atoms with van der Waals surface area (Å²) < 4.78 is 4.95. The average molecular weight is 247 g/mol. The number of nitrogens with zero attached hydrogens (tertiary/aromatic N) is 1. The highest BCUT2D eigenvalue weighted by molar-refractivity contribution is 5.96. The zero-order valence-corrected chi connectivity index (χ0v) is 10.5. The standard InChI is InChI=1S/C14H17NO3/c1-2-18-14(17)10-12-8-9-13(16)15(12)11-6-4-3-5-7-11/h3-7,12H,2,8-10H2,1H3. The predicted octanol–water partition coefficient (Wildman–Crippen LogP) is 2.14. The molecule has 0 saturated carbocycles. The lowest BCUT2D eigenvalue weighted by molar-refractivity contribution is -0.143. The third-order valence-corrected chi connectivity index (χ3v) is 3.07. The summed E-state index contributed by atoms with van der Waals surface area (Å²) in [4.78, 5) is 25.1. The van der Waals surface area contributed by atoms with E-state index in [1.54, 1.807) is 11.8 Å². The van der Waals surface area contributed by atoms with Crippen LogP contribution in [0.15, 0.2) is 30.3 Å². The SMILES string of the molecule is CCOC(=O)CC1CCC(=O)N1c1ccccc1. The second kappa shape index (κ2) is 5.67. The smallest absolute Gasteiger partial charge is 0.307 e. The van der Waals surface area contributed by atoms with Crippen molar-refractivity contribution in [1.29, 1.82) is 0 Å². The van der Waals surface area contributed by atoms with Crippen LogP contribution in [0, 0.1) is 0 Å². The molecule has 0 N–H and O–H groups in total. The summed E-state index contributed by atoms with van der Waals surface area (Å²) in [6.45, 7) is 2.16. The van der Waals surface area contributed by atoms with Gasteiger partial charge in [0.25, 0.3) is 0 Å². The van der Waals surface area contributed by atoms with Crippen molar-refractivity contribution < 1.29 is 14.3 Å². The van der Waals surface area contributed by atoms with E-state index < -0.39 is 0 Å². The number of carbonyl (C=O) groups excluding carboxylic acids is 2. The maximum Gasteiger partial charge on any atom is 0.307 e. The summed E-state index contributed by atoms with van der Waals surface area (Å²) in [7, 11) is 0. The first kappa shape index (κ1) is 12.6. The van der Waals surface area contributed by atoms with Gasteiger partial charge in [-0.3, -0.25) is 9.59 Å². The zero-order chi connectivity index (χ0) is 13.0. The van der Waals surface area contributed by atoms with Crippen molar-refractivity contribution in [2.24, 2.45) is 0 Å². The minimum atomic E-state index is -0.238. The van der Waals surface area contributed by atoms with E-state index in [1.807, 2.05) is 30.3 Å². The fourth-order valence-corrected chi connectivity index (χ4v) is 2.29. The monoisotopic (exact) mass is 247 g/mol. The largest absolute Gasteiger partial charge is 0.466 e. The maximum atomic E-state index is 11.9. The van der Waals surface area contributed by atoms with Gasteiger partial charge in [0.2, 0.25) is 5.91 Å². The molecule has 0 aromatic heterocycles. The van der Waals surface area contributed by atoms with Gasteiger partial charge in [0.05, 0.1) is 13.0 Å². The molecule has 1 aromatic rings. The Bertz CT molecular complexity index is 430. The van der Waals surface area contributed by atoms with Crippen molar-refractivity contribution in [1.82, 2.24) is 0 Å². The molecular formula is C14H17NO3. The molecule has 0 aliphatic carbocycles. The van der Waals surface area contributed by atoms with E-state index >= 15 is 0 Å². The Kier molecular flexibility index (Phi) is 3.97. The molecule has 1 aliphatic rings. The van der Waals surface area contributed by atoms with E-state index in [-0.39, 0.29) is 24.3 Å². The van der Waals surface area contributed by atoms with Crippen LogP contribution in [0.4, 0.5) is 5.69 Å². The highest BCUT2D eigenvalue weighted by Gasteiger charge is 2.33. The number of anilines is 1. The van der Waals surface area contributed by atoms with Gasteiger partial charge in [-0.15, -0.1) is 0 Å². The van der Waals surface area contributed by atoms with Crippen molar-refractivity contribution >= 4 is 17.6 Å².